The number of ether oxygens (including phenoxy) is 2. The molecule has 0 spiro atoms. The third-order valence-electron chi connectivity index (χ3n) is 2.47. The largest absolute Gasteiger partial charge is 0.454 e. The quantitative estimate of drug-likeness (QED) is 0.809. The Balaban J connectivity index is 2.38. The van der Waals surface area contributed by atoms with Crippen molar-refractivity contribution < 1.29 is 19.0 Å². The number of aliphatic hydroxyl groups is 1. The monoisotopic (exact) mass is 227 g/mol. The van der Waals surface area contributed by atoms with E-state index in [1.165, 1.54) is 0 Å². The predicted molar refractivity (Wildman–Crippen MR) is 56.3 cm³/mol. The highest BCUT2D eigenvalue weighted by Gasteiger charge is 2.23. The van der Waals surface area contributed by atoms with Crippen LogP contribution in [0.5, 0.6) is 11.5 Å². The second-order valence-electron chi connectivity index (χ2n) is 3.63. The Labute approximate surface area is 93.0 Å². The molecule has 16 heavy (non-hydrogen) atoms. The Kier molecular flexibility index (Phi) is 3.26. The van der Waals surface area contributed by atoms with Crippen LogP contribution in [0.15, 0.2) is 12.1 Å². The number of halogens is 1. The molecule has 1 unspecified atom stereocenters. The van der Waals surface area contributed by atoms with Crippen molar-refractivity contribution in [1.29, 1.82) is 0 Å². The molecule has 0 aromatic heterocycles. The van der Waals surface area contributed by atoms with Gasteiger partial charge < -0.3 is 19.9 Å². The van der Waals surface area contributed by atoms with E-state index in [4.69, 9.17) is 9.47 Å². The number of rotatable bonds is 4. The maximum Gasteiger partial charge on any atom is 0.231 e. The van der Waals surface area contributed by atoms with E-state index in [1.54, 1.807) is 19.2 Å². The fourth-order valence-corrected chi connectivity index (χ4v) is 1.72. The zero-order valence-electron chi connectivity index (χ0n) is 9.00. The van der Waals surface area contributed by atoms with Crippen molar-refractivity contribution in [2.24, 2.45) is 0 Å². The Morgan fingerprint density at radius 1 is 1.50 bits per heavy atom. The minimum Gasteiger partial charge on any atom is -0.454 e. The van der Waals surface area contributed by atoms with Crippen molar-refractivity contribution in [3.63, 3.8) is 0 Å². The summed E-state index contributed by atoms with van der Waals surface area (Å²) in [5.74, 6) is 1.01. The van der Waals surface area contributed by atoms with Gasteiger partial charge in [-0.1, -0.05) is 0 Å². The average Bonchev–Trinajstić information content (AvgIpc) is 2.75. The first-order valence-electron chi connectivity index (χ1n) is 5.07. The molecule has 1 heterocycles. The van der Waals surface area contributed by atoms with Crippen LogP contribution in [0.2, 0.25) is 0 Å². The van der Waals surface area contributed by atoms with Crippen LogP contribution in [0.3, 0.4) is 0 Å². The molecular weight excluding hydrogens is 213 g/mol. The van der Waals surface area contributed by atoms with Gasteiger partial charge in [0.2, 0.25) is 6.79 Å². The molecule has 2 rings (SSSR count). The Morgan fingerprint density at radius 3 is 3.00 bits per heavy atom. The van der Waals surface area contributed by atoms with Crippen molar-refractivity contribution in [1.82, 2.24) is 5.32 Å². The molecule has 0 bridgehead atoms. The fraction of sp³-hybridized carbons (Fsp3) is 0.455. The number of fused-ring (bicyclic) bond motifs is 1. The number of hydrogen-bond acceptors (Lipinski definition) is 4. The van der Waals surface area contributed by atoms with E-state index in [9.17, 15) is 9.50 Å². The number of likely N-dealkylation sites (N-methyl/N-ethyl adjacent to an activating group) is 1. The second kappa shape index (κ2) is 4.67. The van der Waals surface area contributed by atoms with Gasteiger partial charge in [-0.2, -0.15) is 0 Å². The van der Waals surface area contributed by atoms with Gasteiger partial charge in [0.15, 0.2) is 11.5 Å². The SMILES string of the molecule is CNCC(O)c1cc(CF)cc2c1OCO2. The topological polar surface area (TPSA) is 50.7 Å². The van der Waals surface area contributed by atoms with E-state index >= 15 is 0 Å². The highest BCUT2D eigenvalue weighted by atomic mass is 19.1. The Hall–Kier alpha value is -1.33. The molecule has 2 N–H and O–H groups in total. The van der Waals surface area contributed by atoms with Gasteiger partial charge in [-0.05, 0) is 24.7 Å². The maximum atomic E-state index is 12.6. The van der Waals surface area contributed by atoms with Crippen molar-refractivity contribution in [2.75, 3.05) is 20.4 Å². The molecule has 0 saturated heterocycles. The van der Waals surface area contributed by atoms with Gasteiger partial charge in [0, 0.05) is 12.1 Å². The van der Waals surface area contributed by atoms with Crippen molar-refractivity contribution in [3.05, 3.63) is 23.3 Å². The molecule has 4 nitrogen and oxygen atoms in total. The summed E-state index contributed by atoms with van der Waals surface area (Å²) in [6.45, 7) is -0.0915. The van der Waals surface area contributed by atoms with Crippen molar-refractivity contribution in [3.8, 4) is 11.5 Å². The molecule has 1 aliphatic rings. The molecule has 1 aromatic rings. The van der Waals surface area contributed by atoms with Crippen molar-refractivity contribution >= 4 is 0 Å². The summed E-state index contributed by atoms with van der Waals surface area (Å²) in [6.07, 6.45) is -0.730. The third-order valence-corrected chi connectivity index (χ3v) is 2.47. The van der Waals surface area contributed by atoms with E-state index in [0.717, 1.165) is 0 Å². The smallest absolute Gasteiger partial charge is 0.231 e. The highest BCUT2D eigenvalue weighted by Crippen LogP contribution is 2.39. The standard InChI is InChI=1S/C11H14FNO3/c1-13-5-9(14)8-2-7(4-12)3-10-11(8)16-6-15-10/h2-3,9,13-14H,4-6H2,1H3. The van der Waals surface area contributed by atoms with Gasteiger partial charge in [0.05, 0.1) is 6.10 Å². The number of nitrogens with one attached hydrogen (secondary N) is 1. The predicted octanol–water partition coefficient (Wildman–Crippen LogP) is 1.14. The van der Waals surface area contributed by atoms with Gasteiger partial charge in [-0.25, -0.2) is 4.39 Å². The fourth-order valence-electron chi connectivity index (χ4n) is 1.72. The van der Waals surface area contributed by atoms with E-state index in [-0.39, 0.29) is 6.79 Å². The third kappa shape index (κ3) is 1.96. The number of benzene rings is 1. The van der Waals surface area contributed by atoms with Crippen LogP contribution in [0.4, 0.5) is 4.39 Å². The first kappa shape index (κ1) is 11.2. The van der Waals surface area contributed by atoms with E-state index in [1.807, 2.05) is 0 Å². The second-order valence-corrected chi connectivity index (χ2v) is 3.63. The molecule has 0 radical (unpaired) electrons. The molecule has 5 heteroatoms. The van der Waals surface area contributed by atoms with Crippen LogP contribution in [0.25, 0.3) is 0 Å². The van der Waals surface area contributed by atoms with Crippen LogP contribution >= 0.6 is 0 Å². The van der Waals surface area contributed by atoms with Gasteiger partial charge >= 0.3 is 0 Å². The summed E-state index contributed by atoms with van der Waals surface area (Å²) in [7, 11) is 1.74. The lowest BCUT2D eigenvalue weighted by molar-refractivity contribution is 0.157. The van der Waals surface area contributed by atoms with Gasteiger partial charge in [0.25, 0.3) is 0 Å². The average molecular weight is 227 g/mol. The van der Waals surface area contributed by atoms with Crippen LogP contribution in [-0.2, 0) is 6.67 Å². The lowest BCUT2D eigenvalue weighted by Crippen LogP contribution is -2.17. The first-order chi connectivity index (χ1) is 7.76. The Bertz CT molecular complexity index is 384. The highest BCUT2D eigenvalue weighted by molar-refractivity contribution is 5.51. The molecule has 0 aliphatic carbocycles. The molecule has 88 valence electrons. The zero-order valence-corrected chi connectivity index (χ0v) is 9.00. The molecule has 1 aliphatic heterocycles. The zero-order chi connectivity index (χ0) is 11.5. The van der Waals surface area contributed by atoms with Crippen LogP contribution in [-0.4, -0.2) is 25.5 Å². The first-order valence-corrected chi connectivity index (χ1v) is 5.07. The summed E-state index contributed by atoms with van der Waals surface area (Å²) < 4.78 is 23.1. The Morgan fingerprint density at radius 2 is 2.31 bits per heavy atom. The van der Waals surface area contributed by atoms with Gasteiger partial charge in [-0.15, -0.1) is 0 Å². The summed E-state index contributed by atoms with van der Waals surface area (Å²) in [6, 6.07) is 3.20. The molecular formula is C11H14FNO3. The molecule has 1 aromatic carbocycles. The molecule has 0 amide bonds. The molecule has 1 atom stereocenters. The lowest BCUT2D eigenvalue weighted by atomic mass is 10.0. The van der Waals surface area contributed by atoms with Crippen LogP contribution in [0, 0.1) is 0 Å². The summed E-state index contributed by atoms with van der Waals surface area (Å²) in [5, 5.41) is 12.7. The van der Waals surface area contributed by atoms with Crippen LogP contribution in [0.1, 0.15) is 17.2 Å². The maximum absolute atomic E-state index is 12.6. The molecule has 0 saturated carbocycles. The number of alkyl halides is 1. The minimum absolute atomic E-state index is 0.115. The van der Waals surface area contributed by atoms with E-state index in [2.05, 4.69) is 5.32 Å². The lowest BCUT2D eigenvalue weighted by Gasteiger charge is -2.13. The normalized spacial score (nSPS) is 15.2. The summed E-state index contributed by atoms with van der Waals surface area (Å²) in [4.78, 5) is 0. The minimum atomic E-state index is -0.730. The number of aliphatic hydroxyl groups excluding tert-OH is 1. The summed E-state index contributed by atoms with van der Waals surface area (Å²) >= 11 is 0. The van der Waals surface area contributed by atoms with E-state index in [0.29, 0.717) is 29.2 Å². The molecule has 0 fully saturated rings. The summed E-state index contributed by atoms with van der Waals surface area (Å²) in [5.41, 5.74) is 1.05. The van der Waals surface area contributed by atoms with Gasteiger partial charge in [-0.3, -0.25) is 0 Å². The van der Waals surface area contributed by atoms with E-state index < -0.39 is 12.8 Å². The van der Waals surface area contributed by atoms with Crippen LogP contribution < -0.4 is 14.8 Å². The van der Waals surface area contributed by atoms with Crippen molar-refractivity contribution in [2.45, 2.75) is 12.8 Å². The number of hydrogen-bond donors (Lipinski definition) is 2. The van der Waals surface area contributed by atoms with Gasteiger partial charge in [0.1, 0.15) is 6.67 Å².